The fourth-order valence-corrected chi connectivity index (χ4v) is 2.21. The fourth-order valence-electron chi connectivity index (χ4n) is 2.21. The number of methoxy groups -OCH3 is 1. The first-order valence-electron chi connectivity index (χ1n) is 6.81. The van der Waals surface area contributed by atoms with Gasteiger partial charge in [-0.15, -0.1) is 0 Å². The maximum Gasteiger partial charge on any atom is 0.162 e. The first kappa shape index (κ1) is 15.1. The van der Waals surface area contributed by atoms with Gasteiger partial charge in [0.05, 0.1) is 38.0 Å². The van der Waals surface area contributed by atoms with Crippen LogP contribution in [0.2, 0.25) is 0 Å². The summed E-state index contributed by atoms with van der Waals surface area (Å²) in [5.74, 6) is 0.577. The standard InChI is InChI=1S/C15H20N4O2/c1-18(2)11-17-13-4-5-14(15(20-3)12(13)10-16)19-6-8-21-9-7-19/h4-5,11H,6-9H2,1-3H3. The van der Waals surface area contributed by atoms with Gasteiger partial charge in [-0.3, -0.25) is 0 Å². The number of anilines is 1. The molecule has 6 nitrogen and oxygen atoms in total. The number of benzene rings is 1. The van der Waals surface area contributed by atoms with Gasteiger partial charge >= 0.3 is 0 Å². The normalized spacial score (nSPS) is 15.0. The van der Waals surface area contributed by atoms with Crippen LogP contribution in [0.1, 0.15) is 5.56 Å². The summed E-state index contributed by atoms with van der Waals surface area (Å²) in [6, 6.07) is 6.01. The lowest BCUT2D eigenvalue weighted by Gasteiger charge is -2.30. The van der Waals surface area contributed by atoms with Crippen LogP contribution in [0, 0.1) is 11.3 Å². The summed E-state index contributed by atoms with van der Waals surface area (Å²) in [5, 5.41) is 9.46. The number of ether oxygens (including phenoxy) is 2. The number of nitriles is 1. The molecular weight excluding hydrogens is 268 g/mol. The van der Waals surface area contributed by atoms with Crippen molar-refractivity contribution in [2.75, 3.05) is 52.4 Å². The second-order valence-electron chi connectivity index (χ2n) is 4.93. The molecule has 1 fully saturated rings. The lowest BCUT2D eigenvalue weighted by molar-refractivity contribution is 0.122. The van der Waals surface area contributed by atoms with Gasteiger partial charge in [-0.1, -0.05) is 0 Å². The van der Waals surface area contributed by atoms with Gasteiger partial charge < -0.3 is 19.3 Å². The molecule has 2 rings (SSSR count). The van der Waals surface area contributed by atoms with Crippen LogP contribution in [0.4, 0.5) is 11.4 Å². The Kier molecular flexibility index (Phi) is 5.01. The van der Waals surface area contributed by atoms with Crippen LogP contribution >= 0.6 is 0 Å². The molecule has 21 heavy (non-hydrogen) atoms. The van der Waals surface area contributed by atoms with Gasteiger partial charge in [-0.05, 0) is 12.1 Å². The molecular formula is C15H20N4O2. The Morgan fingerprint density at radius 1 is 1.38 bits per heavy atom. The maximum absolute atomic E-state index is 9.46. The molecule has 0 amide bonds. The van der Waals surface area contributed by atoms with Crippen molar-refractivity contribution >= 4 is 17.7 Å². The van der Waals surface area contributed by atoms with Crippen LogP contribution in [0.15, 0.2) is 17.1 Å². The molecule has 112 valence electrons. The Hall–Kier alpha value is -2.26. The predicted molar refractivity (Wildman–Crippen MR) is 82.6 cm³/mol. The van der Waals surface area contributed by atoms with E-state index in [9.17, 15) is 5.26 Å². The summed E-state index contributed by atoms with van der Waals surface area (Å²) in [6.07, 6.45) is 1.67. The maximum atomic E-state index is 9.46. The SMILES string of the molecule is COc1c(N2CCOCC2)ccc(N=CN(C)C)c1C#N. The van der Waals surface area contributed by atoms with E-state index in [1.165, 1.54) is 0 Å². The van der Waals surface area contributed by atoms with Crippen molar-refractivity contribution < 1.29 is 9.47 Å². The average Bonchev–Trinajstić information content (AvgIpc) is 2.52. The van der Waals surface area contributed by atoms with Crippen molar-refractivity contribution in [1.29, 1.82) is 5.26 Å². The first-order valence-corrected chi connectivity index (χ1v) is 6.81. The summed E-state index contributed by atoms with van der Waals surface area (Å²) in [5.41, 5.74) is 1.99. The van der Waals surface area contributed by atoms with E-state index >= 15 is 0 Å². The molecule has 0 spiro atoms. The largest absolute Gasteiger partial charge is 0.493 e. The van der Waals surface area contributed by atoms with E-state index < -0.39 is 0 Å². The van der Waals surface area contributed by atoms with Crippen molar-refractivity contribution in [1.82, 2.24) is 4.90 Å². The Balaban J connectivity index is 2.42. The molecule has 1 aliphatic heterocycles. The van der Waals surface area contributed by atoms with Gasteiger partial charge in [-0.25, -0.2) is 4.99 Å². The molecule has 0 bridgehead atoms. The number of morpholine rings is 1. The van der Waals surface area contributed by atoms with Crippen LogP contribution in [0.3, 0.4) is 0 Å². The zero-order chi connectivity index (χ0) is 15.2. The molecule has 0 unspecified atom stereocenters. The summed E-state index contributed by atoms with van der Waals surface area (Å²) in [7, 11) is 5.35. The molecule has 0 aromatic heterocycles. The third-order valence-corrected chi connectivity index (χ3v) is 3.21. The quantitative estimate of drug-likeness (QED) is 0.622. The predicted octanol–water partition coefficient (Wildman–Crippen LogP) is 1.62. The Morgan fingerprint density at radius 3 is 2.67 bits per heavy atom. The minimum atomic E-state index is 0.458. The summed E-state index contributed by atoms with van der Waals surface area (Å²) < 4.78 is 10.8. The smallest absolute Gasteiger partial charge is 0.162 e. The van der Waals surface area contributed by atoms with E-state index in [2.05, 4.69) is 16.0 Å². The van der Waals surface area contributed by atoms with Crippen molar-refractivity contribution in [3.63, 3.8) is 0 Å². The van der Waals surface area contributed by atoms with Crippen molar-refractivity contribution in [3.05, 3.63) is 17.7 Å². The first-order chi connectivity index (χ1) is 10.2. The highest BCUT2D eigenvalue weighted by Crippen LogP contribution is 2.37. The third-order valence-electron chi connectivity index (χ3n) is 3.21. The zero-order valence-electron chi connectivity index (χ0n) is 12.7. The van der Waals surface area contributed by atoms with E-state index in [4.69, 9.17) is 9.47 Å². The molecule has 6 heteroatoms. The topological polar surface area (TPSA) is 61.1 Å². The number of hydrogen-bond donors (Lipinski definition) is 0. The Morgan fingerprint density at radius 2 is 2.10 bits per heavy atom. The second-order valence-corrected chi connectivity index (χ2v) is 4.93. The molecule has 1 aromatic rings. The molecule has 0 saturated carbocycles. The van der Waals surface area contributed by atoms with E-state index in [0.717, 1.165) is 18.8 Å². The molecule has 0 N–H and O–H groups in total. The van der Waals surface area contributed by atoms with E-state index in [0.29, 0.717) is 30.2 Å². The summed E-state index contributed by atoms with van der Waals surface area (Å²) in [4.78, 5) is 8.32. The summed E-state index contributed by atoms with van der Waals surface area (Å²) in [6.45, 7) is 2.96. The highest BCUT2D eigenvalue weighted by molar-refractivity contribution is 5.75. The van der Waals surface area contributed by atoms with Crippen molar-refractivity contribution in [3.8, 4) is 11.8 Å². The van der Waals surface area contributed by atoms with Gasteiger partial charge in [-0.2, -0.15) is 5.26 Å². The number of rotatable bonds is 4. The van der Waals surface area contributed by atoms with Gasteiger partial charge in [0.1, 0.15) is 11.6 Å². The molecule has 0 atom stereocenters. The van der Waals surface area contributed by atoms with Crippen LogP contribution in [-0.4, -0.2) is 58.7 Å². The highest BCUT2D eigenvalue weighted by Gasteiger charge is 2.20. The minimum Gasteiger partial charge on any atom is -0.493 e. The third kappa shape index (κ3) is 3.44. The average molecular weight is 288 g/mol. The number of aliphatic imine (C=N–C) groups is 1. The molecule has 1 aromatic carbocycles. The van der Waals surface area contributed by atoms with Gasteiger partial charge in [0.2, 0.25) is 0 Å². The number of nitrogens with zero attached hydrogens (tertiary/aromatic N) is 4. The minimum absolute atomic E-state index is 0.458. The van der Waals surface area contributed by atoms with Crippen molar-refractivity contribution in [2.24, 2.45) is 4.99 Å². The van der Waals surface area contributed by atoms with E-state index in [1.54, 1.807) is 13.4 Å². The molecule has 1 saturated heterocycles. The Bertz CT molecular complexity index is 558. The molecule has 0 radical (unpaired) electrons. The fraction of sp³-hybridized carbons (Fsp3) is 0.467. The second kappa shape index (κ2) is 6.95. The molecule has 1 aliphatic rings. The highest BCUT2D eigenvalue weighted by atomic mass is 16.5. The van der Waals surface area contributed by atoms with Gasteiger partial charge in [0.15, 0.2) is 5.75 Å². The number of hydrogen-bond acceptors (Lipinski definition) is 5. The zero-order valence-corrected chi connectivity index (χ0v) is 12.7. The van der Waals surface area contributed by atoms with Crippen LogP contribution in [-0.2, 0) is 4.74 Å². The van der Waals surface area contributed by atoms with Gasteiger partial charge in [0, 0.05) is 27.2 Å². The van der Waals surface area contributed by atoms with E-state index in [-0.39, 0.29) is 0 Å². The van der Waals surface area contributed by atoms with Crippen LogP contribution in [0.25, 0.3) is 0 Å². The van der Waals surface area contributed by atoms with Crippen LogP contribution in [0.5, 0.6) is 5.75 Å². The van der Waals surface area contributed by atoms with Crippen molar-refractivity contribution in [2.45, 2.75) is 0 Å². The monoisotopic (exact) mass is 288 g/mol. The van der Waals surface area contributed by atoms with Gasteiger partial charge in [0.25, 0.3) is 0 Å². The lowest BCUT2D eigenvalue weighted by Crippen LogP contribution is -2.36. The lowest BCUT2D eigenvalue weighted by atomic mass is 10.1. The summed E-state index contributed by atoms with van der Waals surface area (Å²) >= 11 is 0. The molecule has 0 aliphatic carbocycles. The Labute approximate surface area is 125 Å². The van der Waals surface area contributed by atoms with E-state index in [1.807, 2.05) is 31.1 Å². The van der Waals surface area contributed by atoms with Crippen LogP contribution < -0.4 is 9.64 Å². The molecule has 1 heterocycles.